The predicted octanol–water partition coefficient (Wildman–Crippen LogP) is 6.58. The maximum atomic E-state index is 5.10. The molecular formula is C33H38N10. The molecule has 0 saturated carbocycles. The molecule has 6 rings (SSSR count). The molecule has 0 bridgehead atoms. The monoisotopic (exact) mass is 574 g/mol. The first-order valence-corrected chi connectivity index (χ1v) is 14.9. The predicted molar refractivity (Wildman–Crippen MR) is 168 cm³/mol. The van der Waals surface area contributed by atoms with Crippen LogP contribution in [-0.2, 0) is 5.41 Å². The summed E-state index contributed by atoms with van der Waals surface area (Å²) < 4.78 is 3.87. The van der Waals surface area contributed by atoms with E-state index < -0.39 is 5.41 Å². The number of imidazole rings is 2. The minimum Gasteiger partial charge on any atom is -0.267 e. The second-order valence-electron chi connectivity index (χ2n) is 12.6. The van der Waals surface area contributed by atoms with E-state index in [-0.39, 0.29) is 11.8 Å². The van der Waals surface area contributed by atoms with Gasteiger partial charge in [0.25, 0.3) is 0 Å². The Kier molecular flexibility index (Phi) is 7.23. The lowest BCUT2D eigenvalue weighted by Crippen LogP contribution is -2.23. The quantitative estimate of drug-likeness (QED) is 0.200. The Hall–Kier alpha value is -4.60. The Labute approximate surface area is 251 Å². The summed E-state index contributed by atoms with van der Waals surface area (Å²) in [5.74, 6) is 4.43. The molecule has 6 aromatic heterocycles. The van der Waals surface area contributed by atoms with Crippen molar-refractivity contribution < 1.29 is 0 Å². The number of hydrogen-bond acceptors (Lipinski definition) is 8. The van der Waals surface area contributed by atoms with Gasteiger partial charge in [-0.25, -0.2) is 39.9 Å². The van der Waals surface area contributed by atoms with Crippen LogP contribution >= 0.6 is 0 Å². The van der Waals surface area contributed by atoms with Crippen molar-refractivity contribution in [2.24, 2.45) is 11.8 Å². The molecule has 0 aliphatic rings. The molecule has 0 fully saturated rings. The summed E-state index contributed by atoms with van der Waals surface area (Å²) in [4.78, 5) is 38.2. The average molecular weight is 575 g/mol. The van der Waals surface area contributed by atoms with E-state index in [0.29, 0.717) is 11.8 Å². The van der Waals surface area contributed by atoms with E-state index in [1.165, 1.54) is 0 Å². The van der Waals surface area contributed by atoms with E-state index >= 15 is 0 Å². The van der Waals surface area contributed by atoms with E-state index in [2.05, 4.69) is 75.3 Å². The van der Waals surface area contributed by atoms with Gasteiger partial charge < -0.3 is 0 Å². The largest absolute Gasteiger partial charge is 0.267 e. The Morgan fingerprint density at radius 2 is 0.977 bits per heavy atom. The molecule has 2 atom stereocenters. The van der Waals surface area contributed by atoms with Gasteiger partial charge >= 0.3 is 0 Å². The second-order valence-corrected chi connectivity index (χ2v) is 12.6. The van der Waals surface area contributed by atoms with Crippen LogP contribution in [0.5, 0.6) is 0 Å². The van der Waals surface area contributed by atoms with Crippen LogP contribution in [0.2, 0.25) is 0 Å². The van der Waals surface area contributed by atoms with E-state index in [1.54, 1.807) is 25.0 Å². The minimum absolute atomic E-state index is 0.230. The molecule has 0 aliphatic heterocycles. The van der Waals surface area contributed by atoms with Crippen LogP contribution in [0, 0.1) is 11.8 Å². The zero-order valence-corrected chi connectivity index (χ0v) is 26.1. The normalized spacial score (nSPS) is 13.8. The number of aromatic nitrogens is 10. The highest BCUT2D eigenvalue weighted by atomic mass is 15.2. The highest BCUT2D eigenvalue weighted by Gasteiger charge is 2.28. The van der Waals surface area contributed by atoms with Gasteiger partial charge in [-0.1, -0.05) is 53.7 Å². The molecular weight excluding hydrogens is 536 g/mol. The molecule has 0 amide bonds. The average Bonchev–Trinajstić information content (AvgIpc) is 3.64. The van der Waals surface area contributed by atoms with E-state index in [9.17, 15) is 0 Å². The molecule has 6 aromatic rings. The van der Waals surface area contributed by atoms with Gasteiger partial charge in [-0.05, 0) is 49.9 Å². The van der Waals surface area contributed by atoms with Crippen LogP contribution in [-0.4, -0.2) is 49.0 Å². The molecule has 2 unspecified atom stereocenters. The summed E-state index contributed by atoms with van der Waals surface area (Å²) in [6, 6.07) is 12.1. The van der Waals surface area contributed by atoms with Crippen molar-refractivity contribution in [3.8, 4) is 11.6 Å². The first-order valence-electron chi connectivity index (χ1n) is 14.9. The fourth-order valence-corrected chi connectivity index (χ4v) is 4.96. The van der Waals surface area contributed by atoms with Crippen LogP contribution < -0.4 is 0 Å². The Balaban J connectivity index is 1.37. The first-order chi connectivity index (χ1) is 20.5. The lowest BCUT2D eigenvalue weighted by Gasteiger charge is -2.24. The van der Waals surface area contributed by atoms with Crippen LogP contribution in [0.3, 0.4) is 0 Å². The van der Waals surface area contributed by atoms with Crippen molar-refractivity contribution in [1.82, 2.24) is 49.0 Å². The maximum Gasteiger partial charge on any atom is 0.169 e. The molecule has 220 valence electrons. The molecule has 6 heterocycles. The fraction of sp³-hybridized carbons (Fsp3) is 0.394. The van der Waals surface area contributed by atoms with Gasteiger partial charge in [0.05, 0.1) is 23.8 Å². The molecule has 0 aliphatic carbocycles. The summed E-state index contributed by atoms with van der Waals surface area (Å²) in [7, 11) is 0. The summed E-state index contributed by atoms with van der Waals surface area (Å²) in [5.41, 5.74) is 4.24. The highest BCUT2D eigenvalue weighted by Crippen LogP contribution is 2.31. The first kappa shape index (κ1) is 28.5. The molecule has 0 N–H and O–H groups in total. The molecule has 0 spiro atoms. The summed E-state index contributed by atoms with van der Waals surface area (Å²) in [6.07, 6.45) is 7.13. The summed E-state index contributed by atoms with van der Waals surface area (Å²) in [6.45, 7) is 17.3. The van der Waals surface area contributed by atoms with Gasteiger partial charge in [-0.3, -0.25) is 9.13 Å². The van der Waals surface area contributed by atoms with E-state index in [0.717, 1.165) is 57.0 Å². The number of rotatable bonds is 8. The minimum atomic E-state index is -0.503. The highest BCUT2D eigenvalue weighted by molar-refractivity contribution is 5.72. The topological polar surface area (TPSA) is 113 Å². The zero-order chi connectivity index (χ0) is 30.5. The third kappa shape index (κ3) is 5.15. The van der Waals surface area contributed by atoms with Crippen molar-refractivity contribution in [1.29, 1.82) is 0 Å². The Bertz CT molecular complexity index is 1780. The Morgan fingerprint density at radius 1 is 0.558 bits per heavy atom. The molecule has 43 heavy (non-hydrogen) atoms. The third-order valence-electron chi connectivity index (χ3n) is 8.68. The van der Waals surface area contributed by atoms with Gasteiger partial charge in [-0.15, -0.1) is 0 Å². The smallest absolute Gasteiger partial charge is 0.169 e. The number of fused-ring (bicyclic) bond motifs is 2. The van der Waals surface area contributed by atoms with Crippen LogP contribution in [0.15, 0.2) is 61.4 Å². The zero-order valence-electron chi connectivity index (χ0n) is 26.1. The van der Waals surface area contributed by atoms with Crippen molar-refractivity contribution >= 4 is 22.3 Å². The Morgan fingerprint density at radius 3 is 1.37 bits per heavy atom. The number of hydrogen-bond donors (Lipinski definition) is 0. The third-order valence-corrected chi connectivity index (χ3v) is 8.68. The van der Waals surface area contributed by atoms with Crippen molar-refractivity contribution in [2.45, 2.75) is 72.6 Å². The SMILES string of the molecule is CC(C)C(C)c1ncc2ncn(-c3cccc(C(C)(C)c4cccc(-n5cnc6cnc(C(C)C(C)C)nc65)n4)n3)c2n1. The van der Waals surface area contributed by atoms with Crippen LogP contribution in [0.1, 0.15) is 90.3 Å². The lowest BCUT2D eigenvalue weighted by molar-refractivity contribution is 0.511. The number of pyridine rings is 2. The molecule has 0 aromatic carbocycles. The standard InChI is InChI=1S/C33H38N10/c1-19(2)21(5)29-34-15-23-31(40-29)42(17-36-23)27-13-9-11-25(38-27)33(7,8)26-12-10-14-28(39-26)43-18-37-24-16-35-30(41-32(24)43)22(6)20(3)4/h9-22H,1-8H3. The van der Waals surface area contributed by atoms with E-state index in [4.69, 9.17) is 19.9 Å². The summed E-state index contributed by atoms with van der Waals surface area (Å²) >= 11 is 0. The van der Waals surface area contributed by atoms with Crippen LogP contribution in [0.25, 0.3) is 34.0 Å². The summed E-state index contributed by atoms with van der Waals surface area (Å²) in [5, 5.41) is 0. The number of nitrogens with zero attached hydrogens (tertiary/aromatic N) is 10. The molecule has 0 saturated heterocycles. The second kappa shape index (κ2) is 10.9. The van der Waals surface area contributed by atoms with Crippen molar-refractivity contribution in [3.05, 3.63) is 84.5 Å². The van der Waals surface area contributed by atoms with Crippen LogP contribution in [0.4, 0.5) is 0 Å². The van der Waals surface area contributed by atoms with Crippen molar-refractivity contribution in [3.63, 3.8) is 0 Å². The van der Waals surface area contributed by atoms with Gasteiger partial charge in [0, 0.05) is 17.3 Å². The van der Waals surface area contributed by atoms with Gasteiger partial charge in [0.1, 0.15) is 47.0 Å². The lowest BCUT2D eigenvalue weighted by atomic mass is 9.84. The van der Waals surface area contributed by atoms with Gasteiger partial charge in [0.2, 0.25) is 0 Å². The molecule has 10 heteroatoms. The van der Waals surface area contributed by atoms with Crippen molar-refractivity contribution in [2.75, 3.05) is 0 Å². The van der Waals surface area contributed by atoms with Gasteiger partial charge in [-0.2, -0.15) is 0 Å². The fourth-order valence-electron chi connectivity index (χ4n) is 4.96. The van der Waals surface area contributed by atoms with E-state index in [1.807, 2.05) is 45.5 Å². The van der Waals surface area contributed by atoms with Gasteiger partial charge in [0.15, 0.2) is 11.3 Å². The maximum absolute atomic E-state index is 5.10. The molecule has 0 radical (unpaired) electrons. The molecule has 10 nitrogen and oxygen atoms in total.